The summed E-state index contributed by atoms with van der Waals surface area (Å²) in [5.41, 5.74) is -0.182. The maximum atomic E-state index is 12.0. The third-order valence-electron chi connectivity index (χ3n) is 3.81. The Morgan fingerprint density at radius 3 is 2.64 bits per heavy atom. The Morgan fingerprint density at radius 1 is 1.32 bits per heavy atom. The van der Waals surface area contributed by atoms with E-state index >= 15 is 0 Å². The first-order valence-electron chi connectivity index (χ1n) is 8.08. The van der Waals surface area contributed by atoms with E-state index in [-0.39, 0.29) is 36.1 Å². The van der Waals surface area contributed by atoms with Gasteiger partial charge in [-0.15, -0.1) is 0 Å². The molecule has 9 nitrogen and oxygen atoms in total. The van der Waals surface area contributed by atoms with Crippen LogP contribution in [0.15, 0.2) is 24.3 Å². The standard InChI is InChI=1S/C16H21N3O6/c1-2-24-16(21)18-9-7-12(8-10-18)17-15(20)11-25-14-6-4-3-5-13(14)19(22)23/h3-6,12H,2,7-11H2,1H3,(H,17,20). The number of nitro groups is 1. The molecule has 0 bridgehead atoms. The zero-order valence-electron chi connectivity index (χ0n) is 14.0. The van der Waals surface area contributed by atoms with Gasteiger partial charge in [-0.3, -0.25) is 14.9 Å². The molecule has 0 unspecified atom stereocenters. The van der Waals surface area contributed by atoms with Crippen molar-refractivity contribution in [3.8, 4) is 5.75 Å². The maximum Gasteiger partial charge on any atom is 0.409 e. The van der Waals surface area contributed by atoms with Crippen LogP contribution < -0.4 is 10.1 Å². The van der Waals surface area contributed by atoms with Gasteiger partial charge in [-0.25, -0.2) is 4.79 Å². The van der Waals surface area contributed by atoms with Gasteiger partial charge in [-0.2, -0.15) is 0 Å². The number of piperidine rings is 1. The van der Waals surface area contributed by atoms with Crippen molar-refractivity contribution >= 4 is 17.7 Å². The minimum Gasteiger partial charge on any atom is -0.477 e. The maximum absolute atomic E-state index is 12.0. The number of likely N-dealkylation sites (tertiary alicyclic amines) is 1. The fourth-order valence-corrected chi connectivity index (χ4v) is 2.56. The van der Waals surface area contributed by atoms with E-state index in [0.29, 0.717) is 32.5 Å². The lowest BCUT2D eigenvalue weighted by Gasteiger charge is -2.31. The Hall–Kier alpha value is -2.84. The van der Waals surface area contributed by atoms with Gasteiger partial charge in [-0.1, -0.05) is 12.1 Å². The van der Waals surface area contributed by atoms with Gasteiger partial charge in [0.25, 0.3) is 5.91 Å². The molecule has 1 aromatic carbocycles. The predicted octanol–water partition coefficient (Wildman–Crippen LogP) is 1.71. The van der Waals surface area contributed by atoms with Crippen molar-refractivity contribution in [1.82, 2.24) is 10.2 Å². The van der Waals surface area contributed by atoms with E-state index in [1.54, 1.807) is 17.9 Å². The van der Waals surface area contributed by atoms with Gasteiger partial charge in [0.15, 0.2) is 12.4 Å². The van der Waals surface area contributed by atoms with Gasteiger partial charge in [0.05, 0.1) is 11.5 Å². The second-order valence-corrected chi connectivity index (χ2v) is 5.54. The Bertz CT molecular complexity index is 628. The van der Waals surface area contributed by atoms with E-state index in [1.807, 2.05) is 0 Å². The number of nitrogens with one attached hydrogen (secondary N) is 1. The Balaban J connectivity index is 1.77. The second-order valence-electron chi connectivity index (χ2n) is 5.54. The summed E-state index contributed by atoms with van der Waals surface area (Å²) < 4.78 is 10.2. The van der Waals surface area contributed by atoms with Crippen molar-refractivity contribution < 1.29 is 24.0 Å². The molecule has 0 aliphatic carbocycles. The molecule has 2 rings (SSSR count). The lowest BCUT2D eigenvalue weighted by Crippen LogP contribution is -2.47. The first-order chi connectivity index (χ1) is 12.0. The van der Waals surface area contributed by atoms with Crippen molar-refractivity contribution in [3.05, 3.63) is 34.4 Å². The van der Waals surface area contributed by atoms with Gasteiger partial charge in [-0.05, 0) is 25.8 Å². The van der Waals surface area contributed by atoms with Crippen LogP contribution in [-0.4, -0.2) is 54.2 Å². The van der Waals surface area contributed by atoms with Gasteiger partial charge in [0.2, 0.25) is 0 Å². The summed E-state index contributed by atoms with van der Waals surface area (Å²) in [5, 5.41) is 13.7. The van der Waals surface area contributed by atoms with Gasteiger partial charge >= 0.3 is 11.8 Å². The number of hydrogen-bond donors (Lipinski definition) is 1. The van der Waals surface area contributed by atoms with E-state index in [4.69, 9.17) is 9.47 Å². The van der Waals surface area contributed by atoms with E-state index in [0.717, 1.165) is 0 Å². The minimum atomic E-state index is -0.557. The third-order valence-corrected chi connectivity index (χ3v) is 3.81. The highest BCUT2D eigenvalue weighted by atomic mass is 16.6. The fraction of sp³-hybridized carbons (Fsp3) is 0.500. The number of para-hydroxylation sites is 2. The molecule has 0 radical (unpaired) electrons. The summed E-state index contributed by atoms with van der Waals surface area (Å²) >= 11 is 0. The number of hydrogen-bond acceptors (Lipinski definition) is 6. The number of nitrogens with zero attached hydrogens (tertiary/aromatic N) is 2. The van der Waals surface area contributed by atoms with Gasteiger partial charge < -0.3 is 19.7 Å². The smallest absolute Gasteiger partial charge is 0.409 e. The molecule has 1 fully saturated rings. The molecule has 0 aromatic heterocycles. The van der Waals surface area contributed by atoms with Crippen LogP contribution in [0.1, 0.15) is 19.8 Å². The molecule has 136 valence electrons. The van der Waals surface area contributed by atoms with Crippen LogP contribution in [0.3, 0.4) is 0 Å². The summed E-state index contributed by atoms with van der Waals surface area (Å²) in [7, 11) is 0. The van der Waals surface area contributed by atoms with E-state index in [2.05, 4.69) is 5.32 Å². The van der Waals surface area contributed by atoms with Crippen LogP contribution in [0.2, 0.25) is 0 Å². The quantitative estimate of drug-likeness (QED) is 0.617. The lowest BCUT2D eigenvalue weighted by atomic mass is 10.1. The molecule has 1 N–H and O–H groups in total. The fourth-order valence-electron chi connectivity index (χ4n) is 2.56. The van der Waals surface area contributed by atoms with Crippen LogP contribution in [0.5, 0.6) is 5.75 Å². The average molecular weight is 351 g/mol. The summed E-state index contributed by atoms with van der Waals surface area (Å²) in [5.74, 6) is -0.299. The molecule has 25 heavy (non-hydrogen) atoms. The van der Waals surface area contributed by atoms with Crippen LogP contribution in [0.4, 0.5) is 10.5 Å². The van der Waals surface area contributed by atoms with E-state index in [9.17, 15) is 19.7 Å². The second kappa shape index (κ2) is 8.86. The molecule has 1 heterocycles. The number of carbonyl (C=O) groups is 2. The molecule has 1 aliphatic heterocycles. The number of carbonyl (C=O) groups excluding carboxylic acids is 2. The summed E-state index contributed by atoms with van der Waals surface area (Å²) in [6, 6.07) is 5.84. The van der Waals surface area contributed by atoms with Crippen LogP contribution in [-0.2, 0) is 9.53 Å². The molecular weight excluding hydrogens is 330 g/mol. The number of benzene rings is 1. The normalized spacial score (nSPS) is 14.7. The molecule has 1 aromatic rings. The summed E-state index contributed by atoms with van der Waals surface area (Å²) in [4.78, 5) is 35.5. The highest BCUT2D eigenvalue weighted by Crippen LogP contribution is 2.25. The zero-order chi connectivity index (χ0) is 18.2. The molecule has 0 saturated carbocycles. The minimum absolute atomic E-state index is 0.0554. The predicted molar refractivity (Wildman–Crippen MR) is 88.4 cm³/mol. The van der Waals surface area contributed by atoms with Crippen LogP contribution in [0.25, 0.3) is 0 Å². The monoisotopic (exact) mass is 351 g/mol. The number of nitro benzene ring substituents is 1. The van der Waals surface area contributed by atoms with Crippen molar-refractivity contribution in [1.29, 1.82) is 0 Å². The van der Waals surface area contributed by atoms with Gasteiger partial charge in [0.1, 0.15) is 0 Å². The van der Waals surface area contributed by atoms with Crippen molar-refractivity contribution in [3.63, 3.8) is 0 Å². The molecule has 1 aliphatic rings. The van der Waals surface area contributed by atoms with Crippen molar-refractivity contribution in [2.45, 2.75) is 25.8 Å². The first kappa shape index (κ1) is 18.5. The molecule has 0 spiro atoms. The highest BCUT2D eigenvalue weighted by molar-refractivity contribution is 5.78. The molecule has 1 saturated heterocycles. The molecule has 2 amide bonds. The molecule has 0 atom stereocenters. The average Bonchev–Trinajstić information content (AvgIpc) is 2.61. The van der Waals surface area contributed by atoms with Crippen LogP contribution >= 0.6 is 0 Å². The van der Waals surface area contributed by atoms with Crippen molar-refractivity contribution in [2.24, 2.45) is 0 Å². The zero-order valence-corrected chi connectivity index (χ0v) is 14.0. The van der Waals surface area contributed by atoms with E-state index in [1.165, 1.54) is 18.2 Å². The molecular formula is C16H21N3O6. The number of rotatable bonds is 6. The Labute approximate surface area is 145 Å². The molecule has 9 heteroatoms. The number of ether oxygens (including phenoxy) is 2. The largest absolute Gasteiger partial charge is 0.477 e. The third kappa shape index (κ3) is 5.33. The van der Waals surface area contributed by atoms with E-state index < -0.39 is 4.92 Å². The van der Waals surface area contributed by atoms with Gasteiger partial charge in [0, 0.05) is 25.2 Å². The summed E-state index contributed by atoms with van der Waals surface area (Å²) in [6.45, 7) is 2.80. The Kier molecular flexibility index (Phi) is 6.55. The summed E-state index contributed by atoms with van der Waals surface area (Å²) in [6.07, 6.45) is 0.901. The SMILES string of the molecule is CCOC(=O)N1CCC(NC(=O)COc2ccccc2[N+](=O)[O-])CC1. The van der Waals surface area contributed by atoms with Crippen LogP contribution in [0, 0.1) is 10.1 Å². The number of amides is 2. The van der Waals surface area contributed by atoms with Crippen molar-refractivity contribution in [2.75, 3.05) is 26.3 Å². The topological polar surface area (TPSA) is 111 Å². The highest BCUT2D eigenvalue weighted by Gasteiger charge is 2.24. The lowest BCUT2D eigenvalue weighted by molar-refractivity contribution is -0.385. The first-order valence-corrected chi connectivity index (χ1v) is 8.08. The Morgan fingerprint density at radius 2 is 2.00 bits per heavy atom.